The predicted molar refractivity (Wildman–Crippen MR) is 42.8 cm³/mol. The maximum Gasteiger partial charge on any atom is 1.00 e. The molecule has 0 radical (unpaired) electrons. The molecule has 0 N–H and O–H groups in total. The minimum atomic E-state index is -5.05. The number of alkyl halides is 6. The molecule has 0 unspecified atom stereocenters. The smallest absolute Gasteiger partial charge is 0.860 e. The first-order valence-corrected chi connectivity index (χ1v) is 4.28. The second-order valence-corrected chi connectivity index (χ2v) is 3.15. The van der Waals surface area contributed by atoms with Crippen LogP contribution in [0.3, 0.4) is 0 Å². The Morgan fingerprint density at radius 1 is 0.800 bits per heavy atom. The van der Waals surface area contributed by atoms with Crippen molar-refractivity contribution >= 4 is 7.32 Å². The molecule has 0 aliphatic rings. The van der Waals surface area contributed by atoms with E-state index in [1.54, 1.807) is 0 Å². The molecule has 0 aliphatic heterocycles. The normalized spacial score (nSPS) is 11.2. The van der Waals surface area contributed by atoms with Crippen molar-refractivity contribution in [2.24, 2.45) is 0 Å². The molecule has 100 valence electrons. The zero-order chi connectivity index (χ0) is 14.1. The molecule has 0 amide bonds. The zero-order valence-electron chi connectivity index (χ0n) is 10.3. The van der Waals surface area contributed by atoms with E-state index in [-0.39, 0.29) is 121 Å². The fourth-order valence-electron chi connectivity index (χ4n) is 1.11. The van der Waals surface area contributed by atoms with Gasteiger partial charge < -0.3 is 14.7 Å². The Bertz CT molecular complexity index is 405. The van der Waals surface area contributed by atoms with Crippen molar-refractivity contribution in [2.75, 3.05) is 0 Å². The molecule has 0 saturated carbocycles. The largest absolute Gasteiger partial charge is 1.00 e. The van der Waals surface area contributed by atoms with Crippen molar-refractivity contribution in [1.82, 2.24) is 0 Å². The summed E-state index contributed by atoms with van der Waals surface area (Å²) in [6, 6.07) is 0.160. The Morgan fingerprint density at radius 3 is 1.40 bits per heavy atom. The van der Waals surface area contributed by atoms with Crippen molar-refractivity contribution in [1.29, 1.82) is 0 Å². The molecule has 0 heterocycles. The summed E-state index contributed by atoms with van der Waals surface area (Å²) in [5, 5.41) is 20.2. The van der Waals surface area contributed by atoms with Gasteiger partial charge in [0.05, 0.1) is 16.9 Å². The van der Waals surface area contributed by atoms with E-state index in [0.29, 0.717) is 0 Å². The Morgan fingerprint density at radius 2 is 1.15 bits per heavy atom. The van der Waals surface area contributed by atoms with Gasteiger partial charge in [-0.05, 0) is 18.2 Å². The van der Waals surface area contributed by atoms with Crippen LogP contribution in [0.1, 0.15) is 11.1 Å². The average Bonchev–Trinajstić information content (AvgIpc) is 2.13. The number of hydrogen-bond donors (Lipinski definition) is 0. The van der Waals surface area contributed by atoms with Gasteiger partial charge in [-0.1, -0.05) is 0 Å². The molecule has 0 aliphatic carbocycles. The first-order valence-electron chi connectivity index (χ1n) is 4.28. The first kappa shape index (κ1) is 24.1. The van der Waals surface area contributed by atoms with Crippen molar-refractivity contribution in [3.63, 3.8) is 0 Å². The van der Waals surface area contributed by atoms with Crippen LogP contribution in [0.4, 0.5) is 26.3 Å². The summed E-state index contributed by atoms with van der Waals surface area (Å²) in [6.45, 7) is 0. The molecule has 0 atom stereocenters. The van der Waals surface area contributed by atoms with Crippen LogP contribution < -0.4 is 117 Å². The SMILES string of the molecule is [K+].[K+].[O-]B([O-])Oc1cc(C(F)(F)F)cc(C(F)(F)F)c1. The van der Waals surface area contributed by atoms with Crippen LogP contribution in [0.25, 0.3) is 0 Å². The number of hydrogen-bond acceptors (Lipinski definition) is 3. The summed E-state index contributed by atoms with van der Waals surface area (Å²) in [4.78, 5) is 0. The maximum absolute atomic E-state index is 12.3. The third kappa shape index (κ3) is 7.92. The Balaban J connectivity index is 0. The molecule has 20 heavy (non-hydrogen) atoms. The van der Waals surface area contributed by atoms with Gasteiger partial charge in [0, 0.05) is 0 Å². The Labute approximate surface area is 195 Å². The van der Waals surface area contributed by atoms with Crippen molar-refractivity contribution < 1.29 is 144 Å². The van der Waals surface area contributed by atoms with Gasteiger partial charge in [0.1, 0.15) is 7.32 Å². The molecule has 0 aromatic heterocycles. The molecule has 1 aromatic carbocycles. The molecular weight excluding hydrogens is 347 g/mol. The molecule has 0 spiro atoms. The maximum atomic E-state index is 12.3. The van der Waals surface area contributed by atoms with Crippen LogP contribution in [0.15, 0.2) is 18.2 Å². The van der Waals surface area contributed by atoms with Crippen LogP contribution >= 0.6 is 0 Å². The molecule has 1 aromatic rings. The molecular formula is C8H3BF6K2O3. The quantitative estimate of drug-likeness (QED) is 0.396. The van der Waals surface area contributed by atoms with Crippen LogP contribution in [-0.2, 0) is 12.4 Å². The van der Waals surface area contributed by atoms with Gasteiger partial charge in [-0.25, -0.2) is 0 Å². The minimum absolute atomic E-state index is 0. The molecule has 0 fully saturated rings. The topological polar surface area (TPSA) is 55.3 Å². The van der Waals surface area contributed by atoms with Gasteiger partial charge in [-0.2, -0.15) is 26.3 Å². The molecule has 3 nitrogen and oxygen atoms in total. The first-order chi connectivity index (χ1) is 8.00. The summed E-state index contributed by atoms with van der Waals surface area (Å²) < 4.78 is 77.5. The Hall–Kier alpha value is 1.86. The summed E-state index contributed by atoms with van der Waals surface area (Å²) in [5.74, 6) is -1.08. The van der Waals surface area contributed by atoms with Crippen LogP contribution in [-0.4, -0.2) is 7.32 Å². The number of benzene rings is 1. The minimum Gasteiger partial charge on any atom is -0.860 e. The fourth-order valence-corrected chi connectivity index (χ4v) is 1.11. The third-order valence-corrected chi connectivity index (χ3v) is 1.79. The monoisotopic (exact) mass is 350 g/mol. The fraction of sp³-hybridized carbons (Fsp3) is 0.250. The Kier molecular flexibility index (Phi) is 11.1. The van der Waals surface area contributed by atoms with E-state index in [9.17, 15) is 36.4 Å². The number of halogens is 6. The van der Waals surface area contributed by atoms with Gasteiger partial charge in [0.2, 0.25) is 0 Å². The second-order valence-electron chi connectivity index (χ2n) is 3.15. The van der Waals surface area contributed by atoms with Crippen molar-refractivity contribution in [3.8, 4) is 5.75 Å². The van der Waals surface area contributed by atoms with E-state index in [2.05, 4.69) is 4.65 Å². The van der Waals surface area contributed by atoms with Crippen LogP contribution in [0.5, 0.6) is 5.75 Å². The summed E-state index contributed by atoms with van der Waals surface area (Å²) in [7, 11) is -3.02. The second kappa shape index (κ2) is 9.23. The molecule has 12 heteroatoms. The van der Waals surface area contributed by atoms with E-state index in [1.165, 1.54) is 0 Å². The van der Waals surface area contributed by atoms with Gasteiger partial charge in [-0.3, -0.25) is 0 Å². The van der Waals surface area contributed by atoms with Crippen LogP contribution in [0.2, 0.25) is 0 Å². The summed E-state index contributed by atoms with van der Waals surface area (Å²) in [5.41, 5.74) is -3.32. The summed E-state index contributed by atoms with van der Waals surface area (Å²) >= 11 is 0. The zero-order valence-corrected chi connectivity index (χ0v) is 16.5. The molecule has 1 rings (SSSR count). The van der Waals surface area contributed by atoms with Gasteiger partial charge in [0.25, 0.3) is 0 Å². The van der Waals surface area contributed by atoms with Gasteiger partial charge in [-0.15, -0.1) is 0 Å². The van der Waals surface area contributed by atoms with E-state index in [1.807, 2.05) is 0 Å². The molecule has 0 bridgehead atoms. The standard InChI is InChI=1S/C8H3BF6O3.2K/c10-7(11,12)4-1-5(8(13,14)15)3-6(2-4)18-9(16)17;;/h1-3H;;/q-2;2*+1. The third-order valence-electron chi connectivity index (χ3n) is 1.79. The summed E-state index contributed by atoms with van der Waals surface area (Å²) in [6.07, 6.45) is -10.1. The van der Waals surface area contributed by atoms with E-state index < -0.39 is 36.6 Å². The van der Waals surface area contributed by atoms with Crippen molar-refractivity contribution in [2.45, 2.75) is 12.4 Å². The van der Waals surface area contributed by atoms with E-state index in [0.717, 1.165) is 0 Å². The van der Waals surface area contributed by atoms with Crippen molar-refractivity contribution in [3.05, 3.63) is 29.3 Å². The van der Waals surface area contributed by atoms with E-state index >= 15 is 0 Å². The van der Waals surface area contributed by atoms with E-state index in [4.69, 9.17) is 0 Å². The predicted octanol–water partition coefficient (Wildman–Crippen LogP) is -5.18. The average molecular weight is 350 g/mol. The number of rotatable bonds is 2. The molecule has 0 saturated heterocycles. The van der Waals surface area contributed by atoms with Gasteiger partial charge >= 0.3 is 115 Å². The van der Waals surface area contributed by atoms with Gasteiger partial charge in [0.15, 0.2) is 0 Å². The van der Waals surface area contributed by atoms with Crippen LogP contribution in [0, 0.1) is 0 Å².